The molecular formula is C16H22N2O. The molecule has 0 aliphatic rings. The lowest BCUT2D eigenvalue weighted by atomic mass is 10.1. The largest absolute Gasteiger partial charge is 0.474 e. The molecule has 1 heterocycles. The molecule has 0 amide bonds. The smallest absolute Gasteiger partial charge is 0.221 e. The van der Waals surface area contributed by atoms with E-state index in [1.54, 1.807) is 0 Å². The van der Waals surface area contributed by atoms with Crippen LogP contribution in [-0.4, -0.2) is 11.1 Å². The molecule has 0 saturated heterocycles. The van der Waals surface area contributed by atoms with E-state index in [1.165, 1.54) is 0 Å². The fourth-order valence-electron chi connectivity index (χ4n) is 2.32. The van der Waals surface area contributed by atoms with Gasteiger partial charge < -0.3 is 10.5 Å². The summed E-state index contributed by atoms with van der Waals surface area (Å²) in [5, 5.41) is 2.18. The van der Waals surface area contributed by atoms with E-state index in [1.807, 2.05) is 24.3 Å². The maximum atomic E-state index is 6.01. The summed E-state index contributed by atoms with van der Waals surface area (Å²) in [6.07, 6.45) is 1.17. The minimum absolute atomic E-state index is 0.156. The van der Waals surface area contributed by atoms with E-state index >= 15 is 0 Å². The number of pyridine rings is 1. The van der Waals surface area contributed by atoms with Crippen LogP contribution >= 0.6 is 0 Å². The highest BCUT2D eigenvalue weighted by molar-refractivity contribution is 5.87. The van der Waals surface area contributed by atoms with Gasteiger partial charge in [-0.2, -0.15) is 0 Å². The molecule has 0 saturated carbocycles. The van der Waals surface area contributed by atoms with E-state index in [4.69, 9.17) is 10.5 Å². The van der Waals surface area contributed by atoms with Gasteiger partial charge in [0.05, 0.1) is 11.8 Å². The SMILES string of the molecule is CC(C)CC(C)Oc1nc(CN)cc2ccccc12. The number of ether oxygens (including phenoxy) is 1. The Kier molecular flexibility index (Phi) is 4.38. The number of rotatable bonds is 5. The minimum Gasteiger partial charge on any atom is -0.474 e. The Hall–Kier alpha value is -1.61. The summed E-state index contributed by atoms with van der Waals surface area (Å²) in [5.41, 5.74) is 6.57. The van der Waals surface area contributed by atoms with Crippen LogP contribution in [0, 0.1) is 5.92 Å². The molecule has 2 aromatic rings. The first-order valence-corrected chi connectivity index (χ1v) is 6.85. The van der Waals surface area contributed by atoms with Crippen LogP contribution in [0.25, 0.3) is 10.8 Å². The lowest BCUT2D eigenvalue weighted by Gasteiger charge is -2.17. The average molecular weight is 258 g/mol. The molecule has 3 nitrogen and oxygen atoms in total. The molecule has 0 fully saturated rings. The molecule has 2 N–H and O–H groups in total. The Bertz CT molecular complexity index is 551. The summed E-state index contributed by atoms with van der Waals surface area (Å²) in [5.74, 6) is 1.31. The maximum absolute atomic E-state index is 6.01. The lowest BCUT2D eigenvalue weighted by molar-refractivity contribution is 0.188. The van der Waals surface area contributed by atoms with Crippen molar-refractivity contribution in [1.29, 1.82) is 0 Å². The second-order valence-electron chi connectivity index (χ2n) is 5.40. The Balaban J connectivity index is 2.35. The number of hydrogen-bond donors (Lipinski definition) is 1. The Labute approximate surface area is 114 Å². The van der Waals surface area contributed by atoms with E-state index in [-0.39, 0.29) is 6.10 Å². The summed E-state index contributed by atoms with van der Waals surface area (Å²) >= 11 is 0. The van der Waals surface area contributed by atoms with Crippen LogP contribution in [0.3, 0.4) is 0 Å². The minimum atomic E-state index is 0.156. The van der Waals surface area contributed by atoms with Crippen molar-refractivity contribution in [3.05, 3.63) is 36.0 Å². The average Bonchev–Trinajstić information content (AvgIpc) is 2.37. The third-order valence-electron chi connectivity index (χ3n) is 3.08. The first-order valence-electron chi connectivity index (χ1n) is 6.85. The van der Waals surface area contributed by atoms with Gasteiger partial charge in [0.1, 0.15) is 0 Å². The molecular weight excluding hydrogens is 236 g/mol. The summed E-state index contributed by atoms with van der Waals surface area (Å²) in [6.45, 7) is 6.91. The lowest BCUT2D eigenvalue weighted by Crippen LogP contribution is -2.16. The third-order valence-corrected chi connectivity index (χ3v) is 3.08. The van der Waals surface area contributed by atoms with Crippen LogP contribution in [0.1, 0.15) is 32.9 Å². The van der Waals surface area contributed by atoms with Gasteiger partial charge in [-0.15, -0.1) is 0 Å². The zero-order valence-electron chi connectivity index (χ0n) is 11.9. The highest BCUT2D eigenvalue weighted by Crippen LogP contribution is 2.26. The summed E-state index contributed by atoms with van der Waals surface area (Å²) in [4.78, 5) is 4.52. The Morgan fingerprint density at radius 1 is 1.21 bits per heavy atom. The van der Waals surface area contributed by atoms with Crippen LogP contribution < -0.4 is 10.5 Å². The summed E-state index contributed by atoms with van der Waals surface area (Å²) < 4.78 is 6.01. The summed E-state index contributed by atoms with van der Waals surface area (Å²) in [6, 6.07) is 10.2. The van der Waals surface area contributed by atoms with Gasteiger partial charge in [0.25, 0.3) is 0 Å². The van der Waals surface area contributed by atoms with E-state index in [0.29, 0.717) is 18.3 Å². The predicted octanol–water partition coefficient (Wildman–Crippen LogP) is 3.51. The number of nitrogens with two attached hydrogens (primary N) is 1. The number of hydrogen-bond acceptors (Lipinski definition) is 3. The van der Waals surface area contributed by atoms with Gasteiger partial charge >= 0.3 is 0 Å². The van der Waals surface area contributed by atoms with Crippen molar-refractivity contribution in [2.45, 2.75) is 39.8 Å². The van der Waals surface area contributed by atoms with Gasteiger partial charge in [-0.1, -0.05) is 32.0 Å². The molecule has 19 heavy (non-hydrogen) atoms. The van der Waals surface area contributed by atoms with Crippen molar-refractivity contribution in [3.63, 3.8) is 0 Å². The molecule has 0 spiro atoms. The number of nitrogens with zero attached hydrogens (tertiary/aromatic N) is 1. The van der Waals surface area contributed by atoms with Crippen LogP contribution in [0.5, 0.6) is 5.88 Å². The molecule has 102 valence electrons. The van der Waals surface area contributed by atoms with Crippen LogP contribution in [0.15, 0.2) is 30.3 Å². The molecule has 0 radical (unpaired) electrons. The third kappa shape index (κ3) is 3.44. The maximum Gasteiger partial charge on any atom is 0.221 e. The molecule has 0 aliphatic heterocycles. The van der Waals surface area contributed by atoms with Crippen LogP contribution in [0.2, 0.25) is 0 Å². The van der Waals surface area contributed by atoms with E-state index in [9.17, 15) is 0 Å². The second-order valence-corrected chi connectivity index (χ2v) is 5.40. The molecule has 2 rings (SSSR count). The van der Waals surface area contributed by atoms with E-state index in [2.05, 4.69) is 31.8 Å². The normalized spacial score (nSPS) is 12.9. The molecule has 3 heteroatoms. The van der Waals surface area contributed by atoms with Crippen molar-refractivity contribution < 1.29 is 4.74 Å². The highest BCUT2D eigenvalue weighted by Gasteiger charge is 2.11. The van der Waals surface area contributed by atoms with Gasteiger partial charge in [0.15, 0.2) is 0 Å². The summed E-state index contributed by atoms with van der Waals surface area (Å²) in [7, 11) is 0. The quantitative estimate of drug-likeness (QED) is 0.892. The second kappa shape index (κ2) is 6.02. The van der Waals surface area contributed by atoms with Crippen molar-refractivity contribution in [2.75, 3.05) is 0 Å². The fraction of sp³-hybridized carbons (Fsp3) is 0.438. The Morgan fingerprint density at radius 2 is 1.95 bits per heavy atom. The zero-order chi connectivity index (χ0) is 13.8. The van der Waals surface area contributed by atoms with Crippen molar-refractivity contribution in [3.8, 4) is 5.88 Å². The predicted molar refractivity (Wildman–Crippen MR) is 79.2 cm³/mol. The highest BCUT2D eigenvalue weighted by atomic mass is 16.5. The first kappa shape index (κ1) is 13.8. The van der Waals surface area contributed by atoms with Gasteiger partial charge in [0.2, 0.25) is 5.88 Å². The monoisotopic (exact) mass is 258 g/mol. The van der Waals surface area contributed by atoms with E-state index in [0.717, 1.165) is 22.9 Å². The van der Waals surface area contributed by atoms with Crippen LogP contribution in [-0.2, 0) is 6.54 Å². The van der Waals surface area contributed by atoms with Crippen molar-refractivity contribution in [2.24, 2.45) is 11.7 Å². The molecule has 0 bridgehead atoms. The first-order chi connectivity index (χ1) is 9.10. The van der Waals surface area contributed by atoms with Gasteiger partial charge in [0, 0.05) is 11.9 Å². The molecule has 1 aromatic heterocycles. The Morgan fingerprint density at radius 3 is 2.63 bits per heavy atom. The molecule has 1 aromatic carbocycles. The van der Waals surface area contributed by atoms with Gasteiger partial charge in [-0.3, -0.25) is 0 Å². The fourth-order valence-corrected chi connectivity index (χ4v) is 2.32. The van der Waals surface area contributed by atoms with Crippen LogP contribution in [0.4, 0.5) is 0 Å². The molecule has 1 unspecified atom stereocenters. The van der Waals surface area contributed by atoms with Crippen molar-refractivity contribution >= 4 is 10.8 Å². The van der Waals surface area contributed by atoms with Crippen molar-refractivity contribution in [1.82, 2.24) is 4.98 Å². The number of benzene rings is 1. The van der Waals surface area contributed by atoms with Gasteiger partial charge in [-0.25, -0.2) is 4.98 Å². The molecule has 1 atom stereocenters. The number of fused-ring (bicyclic) bond motifs is 1. The standard InChI is InChI=1S/C16H22N2O/c1-11(2)8-12(3)19-16-15-7-5-4-6-13(15)9-14(10-17)18-16/h4-7,9,11-12H,8,10,17H2,1-3H3. The zero-order valence-corrected chi connectivity index (χ0v) is 11.9. The van der Waals surface area contributed by atoms with E-state index < -0.39 is 0 Å². The topological polar surface area (TPSA) is 48.1 Å². The molecule has 0 aliphatic carbocycles. The van der Waals surface area contributed by atoms with Gasteiger partial charge in [-0.05, 0) is 36.8 Å². The number of aromatic nitrogens is 1.